The van der Waals surface area contributed by atoms with Crippen LogP contribution in [0.2, 0.25) is 4.34 Å². The SMILES string of the molecule is COC(=O)c1cc(-n2cc(C3=C(C(F)(F)F)C(C(F)(F)C(F)(F)F)=N[C@@H]3C)nn2)sc1Cl. The zero-order chi connectivity index (χ0) is 24.2. The van der Waals surface area contributed by atoms with Crippen LogP contribution in [0, 0.1) is 0 Å². The summed E-state index contributed by atoms with van der Waals surface area (Å²) in [6.45, 7) is 0.914. The first-order valence-electron chi connectivity index (χ1n) is 8.24. The zero-order valence-corrected chi connectivity index (χ0v) is 17.2. The van der Waals surface area contributed by atoms with Crippen LogP contribution in [0.15, 0.2) is 22.8 Å². The van der Waals surface area contributed by atoms with Crippen LogP contribution in [0.3, 0.4) is 0 Å². The fraction of sp³-hybridized carbons (Fsp3) is 0.375. The Hall–Kier alpha value is -2.55. The van der Waals surface area contributed by atoms with Crippen LogP contribution in [0.4, 0.5) is 35.1 Å². The molecule has 174 valence electrons. The third-order valence-corrected chi connectivity index (χ3v) is 5.61. The van der Waals surface area contributed by atoms with Gasteiger partial charge in [-0.3, -0.25) is 4.99 Å². The van der Waals surface area contributed by atoms with Crippen LogP contribution >= 0.6 is 22.9 Å². The van der Waals surface area contributed by atoms with Gasteiger partial charge in [-0.05, 0) is 13.0 Å². The van der Waals surface area contributed by atoms with Crippen LogP contribution in [-0.4, -0.2) is 58.1 Å². The minimum Gasteiger partial charge on any atom is -0.465 e. The number of allylic oxidation sites excluding steroid dienone is 1. The number of methoxy groups -OCH3 is 1. The summed E-state index contributed by atoms with van der Waals surface area (Å²) in [6.07, 6.45) is -11.0. The Morgan fingerprint density at radius 3 is 2.34 bits per heavy atom. The van der Waals surface area contributed by atoms with Crippen molar-refractivity contribution in [1.29, 1.82) is 0 Å². The van der Waals surface area contributed by atoms with Crippen molar-refractivity contribution in [3.05, 3.63) is 33.4 Å². The van der Waals surface area contributed by atoms with E-state index < -0.39 is 52.8 Å². The number of esters is 1. The number of hydrogen-bond acceptors (Lipinski definition) is 6. The number of thiophene rings is 1. The Morgan fingerprint density at radius 1 is 1.19 bits per heavy atom. The first-order chi connectivity index (χ1) is 14.6. The molecule has 0 unspecified atom stereocenters. The van der Waals surface area contributed by atoms with Gasteiger partial charge in [-0.2, -0.15) is 35.1 Å². The molecule has 6 nitrogen and oxygen atoms in total. The number of aromatic nitrogens is 3. The molecule has 0 bridgehead atoms. The van der Waals surface area contributed by atoms with Gasteiger partial charge in [0.05, 0.1) is 30.5 Å². The summed E-state index contributed by atoms with van der Waals surface area (Å²) in [5, 5.41) is 7.13. The van der Waals surface area contributed by atoms with Gasteiger partial charge in [0, 0.05) is 5.57 Å². The van der Waals surface area contributed by atoms with E-state index in [1.165, 1.54) is 6.07 Å². The lowest BCUT2D eigenvalue weighted by Crippen LogP contribution is -2.46. The highest BCUT2D eigenvalue weighted by molar-refractivity contribution is 7.18. The fourth-order valence-electron chi connectivity index (χ4n) is 2.87. The van der Waals surface area contributed by atoms with Crippen molar-refractivity contribution < 1.29 is 44.7 Å². The van der Waals surface area contributed by atoms with Crippen molar-refractivity contribution in [3.63, 3.8) is 0 Å². The fourth-order valence-corrected chi connectivity index (χ4v) is 4.04. The van der Waals surface area contributed by atoms with Gasteiger partial charge in [-0.15, -0.1) is 16.4 Å². The van der Waals surface area contributed by atoms with Crippen LogP contribution in [-0.2, 0) is 4.74 Å². The molecule has 2 aromatic rings. The molecule has 0 aliphatic carbocycles. The second-order valence-corrected chi connectivity index (χ2v) is 7.96. The third-order valence-electron chi connectivity index (χ3n) is 4.26. The van der Waals surface area contributed by atoms with E-state index in [0.29, 0.717) is 0 Å². The lowest BCUT2D eigenvalue weighted by molar-refractivity contribution is -0.249. The van der Waals surface area contributed by atoms with Crippen LogP contribution < -0.4 is 0 Å². The lowest BCUT2D eigenvalue weighted by atomic mass is 9.96. The molecule has 0 amide bonds. The van der Waals surface area contributed by atoms with Crippen LogP contribution in [0.5, 0.6) is 0 Å². The molecule has 0 spiro atoms. The third kappa shape index (κ3) is 3.98. The summed E-state index contributed by atoms with van der Waals surface area (Å²) in [5.74, 6) is -6.66. The van der Waals surface area contributed by atoms with Gasteiger partial charge in [0.25, 0.3) is 0 Å². The molecule has 3 heterocycles. The maximum absolute atomic E-state index is 13.8. The first kappa shape index (κ1) is 24.1. The molecule has 0 saturated carbocycles. The molecule has 1 aliphatic heterocycles. The molecule has 1 aliphatic rings. The average molecular weight is 509 g/mol. The second kappa shape index (κ2) is 7.79. The first-order valence-corrected chi connectivity index (χ1v) is 9.44. The van der Waals surface area contributed by atoms with Crippen molar-refractivity contribution >= 4 is 40.2 Å². The van der Waals surface area contributed by atoms with Crippen molar-refractivity contribution in [1.82, 2.24) is 15.0 Å². The summed E-state index contributed by atoms with van der Waals surface area (Å²) in [4.78, 5) is 14.6. The van der Waals surface area contributed by atoms with Crippen molar-refractivity contribution in [2.24, 2.45) is 4.99 Å². The van der Waals surface area contributed by atoms with E-state index >= 15 is 0 Å². The van der Waals surface area contributed by atoms with Crippen molar-refractivity contribution in [3.8, 4) is 5.00 Å². The number of aliphatic imine (C=N–C) groups is 1. The maximum Gasteiger partial charge on any atom is 0.459 e. The minimum atomic E-state index is -6.30. The Morgan fingerprint density at radius 2 is 1.81 bits per heavy atom. The summed E-state index contributed by atoms with van der Waals surface area (Å²) >= 11 is 6.68. The zero-order valence-electron chi connectivity index (χ0n) is 15.6. The highest BCUT2D eigenvalue weighted by atomic mass is 35.5. The molecule has 0 saturated heterocycles. The van der Waals surface area contributed by atoms with Crippen LogP contribution in [0.25, 0.3) is 10.6 Å². The normalized spacial score (nSPS) is 17.7. The van der Waals surface area contributed by atoms with E-state index in [1.807, 2.05) is 0 Å². The van der Waals surface area contributed by atoms with E-state index in [0.717, 1.165) is 36.2 Å². The lowest BCUT2D eigenvalue weighted by Gasteiger charge is -2.22. The van der Waals surface area contributed by atoms with Gasteiger partial charge in [0.1, 0.15) is 20.7 Å². The molecular formula is C16H9ClF8N4O2S. The van der Waals surface area contributed by atoms with Gasteiger partial charge >= 0.3 is 24.2 Å². The number of alkyl halides is 8. The van der Waals surface area contributed by atoms with E-state index in [2.05, 4.69) is 20.0 Å². The van der Waals surface area contributed by atoms with Crippen molar-refractivity contribution in [2.75, 3.05) is 7.11 Å². The molecule has 2 aromatic heterocycles. The molecule has 0 radical (unpaired) electrons. The van der Waals surface area contributed by atoms with E-state index in [-0.39, 0.29) is 14.9 Å². The number of halogens is 9. The predicted molar refractivity (Wildman–Crippen MR) is 96.5 cm³/mol. The summed E-state index contributed by atoms with van der Waals surface area (Å²) in [6, 6.07) is -0.536. The monoisotopic (exact) mass is 508 g/mol. The quantitative estimate of drug-likeness (QED) is 0.424. The molecule has 0 N–H and O–H groups in total. The molecule has 1 atom stereocenters. The second-order valence-electron chi connectivity index (χ2n) is 6.32. The minimum absolute atomic E-state index is 0.0382. The summed E-state index contributed by atoms with van der Waals surface area (Å²) in [7, 11) is 1.09. The number of rotatable bonds is 4. The number of nitrogens with zero attached hydrogens (tertiary/aromatic N) is 4. The van der Waals surface area contributed by atoms with Gasteiger partial charge < -0.3 is 4.74 Å². The Kier molecular flexibility index (Phi) is 5.87. The molecule has 0 aromatic carbocycles. The Labute approximate surface area is 182 Å². The Bertz CT molecular complexity index is 1130. The highest BCUT2D eigenvalue weighted by Gasteiger charge is 2.66. The van der Waals surface area contributed by atoms with Gasteiger partial charge in [-0.1, -0.05) is 16.8 Å². The van der Waals surface area contributed by atoms with E-state index in [9.17, 15) is 39.9 Å². The summed E-state index contributed by atoms with van der Waals surface area (Å²) in [5.41, 5.74) is -6.39. The number of hydrogen-bond donors (Lipinski definition) is 0. The standard InChI is InChI=1S/C16H9ClF8N4O2S/c1-5-9(10(15(20,21)22)11(26-5)14(18,19)16(23,24)25)7-4-29(28-27-7)8-3-6(12(17)32-8)13(30)31-2/h3-5H,1-2H3/t5-/m1/s1. The smallest absolute Gasteiger partial charge is 0.459 e. The topological polar surface area (TPSA) is 69.4 Å². The molecule has 0 fully saturated rings. The largest absolute Gasteiger partial charge is 0.465 e. The molecular weight excluding hydrogens is 500 g/mol. The Balaban J connectivity index is 2.12. The maximum atomic E-state index is 13.8. The van der Waals surface area contributed by atoms with Gasteiger partial charge in [-0.25, -0.2) is 9.48 Å². The molecule has 16 heteroatoms. The number of carbonyl (C=O) groups is 1. The van der Waals surface area contributed by atoms with Gasteiger partial charge in [0.2, 0.25) is 0 Å². The average Bonchev–Trinajstić information content (AvgIpc) is 3.35. The van der Waals surface area contributed by atoms with Crippen LogP contribution in [0.1, 0.15) is 23.0 Å². The van der Waals surface area contributed by atoms with Gasteiger partial charge in [0.15, 0.2) is 0 Å². The summed E-state index contributed by atoms with van der Waals surface area (Å²) < 4.78 is 112. The highest BCUT2D eigenvalue weighted by Crippen LogP contribution is 2.48. The predicted octanol–water partition coefficient (Wildman–Crippen LogP) is 5.13. The molecule has 32 heavy (non-hydrogen) atoms. The van der Waals surface area contributed by atoms with Crippen molar-refractivity contribution in [2.45, 2.75) is 31.2 Å². The molecule has 3 rings (SSSR count). The van der Waals surface area contributed by atoms with E-state index in [1.54, 1.807) is 0 Å². The van der Waals surface area contributed by atoms with E-state index in [4.69, 9.17) is 11.6 Å². The number of carbonyl (C=O) groups excluding carboxylic acids is 1. The number of ether oxygens (including phenoxy) is 1.